The molecule has 1 aliphatic heterocycles. The Hall–Kier alpha value is -1.44. The van der Waals surface area contributed by atoms with Gasteiger partial charge >= 0.3 is 0 Å². The minimum Gasteiger partial charge on any atom is -0.368 e. The second kappa shape index (κ2) is 6.55. The summed E-state index contributed by atoms with van der Waals surface area (Å²) in [6.07, 6.45) is 1.21. The molecule has 6 nitrogen and oxygen atoms in total. The molecule has 1 aromatic rings. The predicted octanol–water partition coefficient (Wildman–Crippen LogP) is 1.20. The van der Waals surface area contributed by atoms with Crippen LogP contribution in [0.5, 0.6) is 0 Å². The molecule has 1 heterocycles. The summed E-state index contributed by atoms with van der Waals surface area (Å²) in [5.41, 5.74) is 1.22. The van der Waals surface area contributed by atoms with Crippen LogP contribution in [0.3, 0.4) is 0 Å². The van der Waals surface area contributed by atoms with Crippen molar-refractivity contribution >= 4 is 21.6 Å². The second-order valence-electron chi connectivity index (χ2n) is 5.23. The van der Waals surface area contributed by atoms with Gasteiger partial charge in [-0.15, -0.1) is 0 Å². The maximum atomic E-state index is 12.0. The van der Waals surface area contributed by atoms with Crippen molar-refractivity contribution < 1.29 is 17.9 Å². The van der Waals surface area contributed by atoms with Crippen LogP contribution in [0, 0.1) is 0 Å². The van der Waals surface area contributed by atoms with Gasteiger partial charge in [-0.1, -0.05) is 12.1 Å². The molecule has 21 heavy (non-hydrogen) atoms. The van der Waals surface area contributed by atoms with E-state index in [0.29, 0.717) is 17.9 Å². The van der Waals surface area contributed by atoms with Gasteiger partial charge in [0, 0.05) is 26.4 Å². The normalized spacial score (nSPS) is 18.9. The lowest BCUT2D eigenvalue weighted by Gasteiger charge is -2.13. The molecular formula is C14H20N2O4S. The molecule has 0 aromatic heterocycles. The van der Waals surface area contributed by atoms with Gasteiger partial charge < -0.3 is 10.1 Å². The fourth-order valence-electron chi connectivity index (χ4n) is 2.09. The number of hydrogen-bond acceptors (Lipinski definition) is 4. The number of carbonyl (C=O) groups is 1. The lowest BCUT2D eigenvalue weighted by molar-refractivity contribution is -0.124. The minimum absolute atomic E-state index is 0.0936. The van der Waals surface area contributed by atoms with E-state index in [1.54, 1.807) is 24.3 Å². The number of nitrogens with one attached hydrogen (secondary N) is 1. The number of anilines is 1. The Labute approximate surface area is 125 Å². The van der Waals surface area contributed by atoms with E-state index >= 15 is 0 Å². The van der Waals surface area contributed by atoms with E-state index in [9.17, 15) is 13.2 Å². The average molecular weight is 312 g/mol. The molecule has 0 spiro atoms. The maximum absolute atomic E-state index is 12.0. The Morgan fingerprint density at radius 3 is 2.81 bits per heavy atom. The Kier molecular flexibility index (Phi) is 4.97. The van der Waals surface area contributed by atoms with E-state index in [4.69, 9.17) is 4.74 Å². The van der Waals surface area contributed by atoms with Gasteiger partial charge in [-0.25, -0.2) is 12.7 Å². The number of amides is 1. The average Bonchev–Trinajstić information content (AvgIpc) is 2.92. The second-order valence-corrected chi connectivity index (χ2v) is 7.41. The van der Waals surface area contributed by atoms with Crippen molar-refractivity contribution in [3.63, 3.8) is 0 Å². The molecule has 0 unspecified atom stereocenters. The van der Waals surface area contributed by atoms with Crippen LogP contribution in [0.2, 0.25) is 0 Å². The zero-order chi connectivity index (χ0) is 15.5. The van der Waals surface area contributed by atoms with Crippen molar-refractivity contribution in [2.75, 3.05) is 26.0 Å². The largest absolute Gasteiger partial charge is 0.368 e. The highest BCUT2D eigenvalue weighted by molar-refractivity contribution is 7.88. The van der Waals surface area contributed by atoms with Crippen LogP contribution < -0.4 is 5.32 Å². The molecule has 1 aromatic carbocycles. The number of ether oxygens (including phenoxy) is 1. The van der Waals surface area contributed by atoms with E-state index in [1.165, 1.54) is 18.4 Å². The van der Waals surface area contributed by atoms with Crippen molar-refractivity contribution in [3.05, 3.63) is 29.8 Å². The van der Waals surface area contributed by atoms with Crippen molar-refractivity contribution in [3.8, 4) is 0 Å². The molecular weight excluding hydrogens is 292 g/mol. The zero-order valence-corrected chi connectivity index (χ0v) is 13.0. The Balaban J connectivity index is 2.05. The van der Waals surface area contributed by atoms with Crippen LogP contribution in [0.1, 0.15) is 18.4 Å². The molecule has 116 valence electrons. The van der Waals surface area contributed by atoms with Crippen molar-refractivity contribution in [1.29, 1.82) is 0 Å². The lowest BCUT2D eigenvalue weighted by atomic mass is 10.2. The molecule has 1 atom stereocenters. The first-order chi connectivity index (χ1) is 9.88. The smallest absolute Gasteiger partial charge is 0.253 e. The highest BCUT2D eigenvalue weighted by Gasteiger charge is 2.23. The molecule has 0 bridgehead atoms. The standard InChI is InChI=1S/C14H20N2O4S/c1-16(2)21(18,19)10-11-5-3-6-12(9-11)15-14(17)13-7-4-8-20-13/h3,5-6,9,13H,4,7-8,10H2,1-2H3,(H,15,17)/t13-/m0/s1. The first kappa shape index (κ1) is 15.9. The molecule has 1 amide bonds. The van der Waals surface area contributed by atoms with Gasteiger partial charge in [-0.05, 0) is 30.5 Å². The van der Waals surface area contributed by atoms with Crippen molar-refractivity contribution in [1.82, 2.24) is 4.31 Å². The summed E-state index contributed by atoms with van der Waals surface area (Å²) in [7, 11) is -0.319. The van der Waals surface area contributed by atoms with Gasteiger partial charge in [-0.3, -0.25) is 4.79 Å². The third-order valence-corrected chi connectivity index (χ3v) is 5.13. The van der Waals surface area contributed by atoms with Crippen LogP contribution in [-0.2, 0) is 25.3 Å². The number of benzene rings is 1. The maximum Gasteiger partial charge on any atom is 0.253 e. The molecule has 7 heteroatoms. The molecule has 1 saturated heterocycles. The van der Waals surface area contributed by atoms with Crippen LogP contribution in [-0.4, -0.2) is 45.4 Å². The predicted molar refractivity (Wildman–Crippen MR) is 80.4 cm³/mol. The Morgan fingerprint density at radius 2 is 2.19 bits per heavy atom. The van der Waals surface area contributed by atoms with E-state index in [1.807, 2.05) is 0 Å². The fraction of sp³-hybridized carbons (Fsp3) is 0.500. The topological polar surface area (TPSA) is 75.7 Å². The fourth-order valence-corrected chi connectivity index (χ4v) is 2.94. The lowest BCUT2D eigenvalue weighted by Crippen LogP contribution is -2.27. The van der Waals surface area contributed by atoms with E-state index in [0.717, 1.165) is 12.8 Å². The molecule has 2 rings (SSSR count). The minimum atomic E-state index is -3.32. The summed E-state index contributed by atoms with van der Waals surface area (Å²) in [6.45, 7) is 0.610. The number of carbonyl (C=O) groups excluding carboxylic acids is 1. The molecule has 1 aliphatic rings. The molecule has 1 fully saturated rings. The molecule has 0 radical (unpaired) electrons. The number of rotatable bonds is 5. The summed E-state index contributed by atoms with van der Waals surface area (Å²) in [6, 6.07) is 6.86. The van der Waals surface area contributed by atoms with Crippen LogP contribution >= 0.6 is 0 Å². The monoisotopic (exact) mass is 312 g/mol. The highest BCUT2D eigenvalue weighted by Crippen LogP contribution is 2.17. The Morgan fingerprint density at radius 1 is 1.43 bits per heavy atom. The summed E-state index contributed by atoms with van der Waals surface area (Å²) in [5.74, 6) is -0.274. The van der Waals surface area contributed by atoms with E-state index in [2.05, 4.69) is 5.32 Å². The SMILES string of the molecule is CN(C)S(=O)(=O)Cc1cccc(NC(=O)[C@@H]2CCCO2)c1. The Bertz CT molecular complexity index is 607. The first-order valence-corrected chi connectivity index (χ1v) is 8.41. The van der Waals surface area contributed by atoms with Crippen molar-refractivity contribution in [2.45, 2.75) is 24.7 Å². The van der Waals surface area contributed by atoms with E-state index in [-0.39, 0.29) is 11.7 Å². The number of sulfonamides is 1. The third kappa shape index (κ3) is 4.26. The summed E-state index contributed by atoms with van der Waals surface area (Å²) < 4.78 is 30.2. The molecule has 0 aliphatic carbocycles. The van der Waals surface area contributed by atoms with Crippen molar-refractivity contribution in [2.24, 2.45) is 0 Å². The summed E-state index contributed by atoms with van der Waals surface area (Å²) in [4.78, 5) is 12.0. The van der Waals surface area contributed by atoms with Crippen LogP contribution in [0.15, 0.2) is 24.3 Å². The van der Waals surface area contributed by atoms with Gasteiger partial charge in [0.2, 0.25) is 10.0 Å². The summed E-state index contributed by atoms with van der Waals surface area (Å²) >= 11 is 0. The first-order valence-electron chi connectivity index (χ1n) is 6.80. The number of hydrogen-bond donors (Lipinski definition) is 1. The van der Waals surface area contributed by atoms with Gasteiger partial charge in [0.25, 0.3) is 5.91 Å². The third-order valence-electron chi connectivity index (χ3n) is 3.32. The molecule has 0 saturated carbocycles. The highest BCUT2D eigenvalue weighted by atomic mass is 32.2. The van der Waals surface area contributed by atoms with Gasteiger partial charge in [0.05, 0.1) is 5.75 Å². The van der Waals surface area contributed by atoms with Gasteiger partial charge in [0.15, 0.2) is 0 Å². The quantitative estimate of drug-likeness (QED) is 0.886. The zero-order valence-electron chi connectivity index (χ0n) is 12.2. The van der Waals surface area contributed by atoms with Gasteiger partial charge in [0.1, 0.15) is 6.10 Å². The van der Waals surface area contributed by atoms with Crippen LogP contribution in [0.4, 0.5) is 5.69 Å². The van der Waals surface area contributed by atoms with Crippen LogP contribution in [0.25, 0.3) is 0 Å². The van der Waals surface area contributed by atoms with Gasteiger partial charge in [-0.2, -0.15) is 0 Å². The number of nitrogens with zero attached hydrogens (tertiary/aromatic N) is 1. The van der Waals surface area contributed by atoms with E-state index < -0.39 is 16.1 Å². The summed E-state index contributed by atoms with van der Waals surface area (Å²) in [5, 5.41) is 2.77. The molecule has 1 N–H and O–H groups in total.